The number of ether oxygens (including phenoxy) is 1. The number of likely N-dealkylation sites (tertiary alicyclic amines) is 1. The average Bonchev–Trinajstić information content (AvgIpc) is 3.19. The molecule has 11 heteroatoms. The van der Waals surface area contributed by atoms with Gasteiger partial charge in [0.2, 0.25) is 11.0 Å². The van der Waals surface area contributed by atoms with E-state index in [1.54, 1.807) is 25.1 Å². The highest BCUT2D eigenvalue weighted by atomic mass is 32.2. The molecule has 1 heterocycles. The van der Waals surface area contributed by atoms with Crippen LogP contribution in [0.2, 0.25) is 0 Å². The Bertz CT molecular complexity index is 774. The van der Waals surface area contributed by atoms with E-state index in [1.807, 2.05) is 0 Å². The molecule has 0 saturated carbocycles. The zero-order chi connectivity index (χ0) is 21.4. The largest absolute Gasteiger partial charge is 0.425 e. The molecule has 1 amide bonds. The normalized spacial score (nSPS) is 16.9. The molecular formula is C18H23N3O7S. The topological polar surface area (TPSA) is 142 Å². The van der Waals surface area contributed by atoms with Crippen LogP contribution in [0.1, 0.15) is 25.3 Å². The lowest BCUT2D eigenvalue weighted by atomic mass is 10.1. The summed E-state index contributed by atoms with van der Waals surface area (Å²) in [6.45, 7) is 1.80. The molecule has 1 fully saturated rings. The maximum atomic E-state index is 12.7. The fourth-order valence-electron chi connectivity index (χ4n) is 2.92. The third-order valence-electron chi connectivity index (χ3n) is 4.34. The molecule has 1 aromatic carbocycles. The summed E-state index contributed by atoms with van der Waals surface area (Å²) >= 11 is 1.00. The van der Waals surface area contributed by atoms with Gasteiger partial charge in [-0.25, -0.2) is 4.79 Å². The quantitative estimate of drug-likeness (QED) is 0.267. The first-order valence-electron chi connectivity index (χ1n) is 9.06. The molecule has 0 bridgehead atoms. The van der Waals surface area contributed by atoms with Crippen LogP contribution < -0.4 is 10.5 Å². The summed E-state index contributed by atoms with van der Waals surface area (Å²) in [4.78, 5) is 52.7. The minimum Gasteiger partial charge on any atom is -0.425 e. The zero-order valence-corrected chi connectivity index (χ0v) is 16.8. The van der Waals surface area contributed by atoms with Crippen molar-refractivity contribution in [2.45, 2.75) is 32.4 Å². The number of thioether (sulfide) groups is 1. The van der Waals surface area contributed by atoms with E-state index in [1.165, 1.54) is 11.0 Å². The molecule has 0 spiro atoms. The van der Waals surface area contributed by atoms with Gasteiger partial charge < -0.3 is 20.2 Å². The summed E-state index contributed by atoms with van der Waals surface area (Å²) in [5.74, 6) is -0.704. The molecular weight excluding hydrogens is 402 g/mol. The number of benzene rings is 1. The Kier molecular flexibility index (Phi) is 8.40. The van der Waals surface area contributed by atoms with Crippen LogP contribution in [-0.2, 0) is 25.8 Å². The van der Waals surface area contributed by atoms with Crippen molar-refractivity contribution in [3.8, 4) is 5.75 Å². The highest BCUT2D eigenvalue weighted by molar-refractivity contribution is 8.13. The van der Waals surface area contributed by atoms with Crippen molar-refractivity contribution in [3.63, 3.8) is 0 Å². The summed E-state index contributed by atoms with van der Waals surface area (Å²) in [6, 6.07) is 5.51. The summed E-state index contributed by atoms with van der Waals surface area (Å²) in [5, 5.41) is 9.21. The standard InChI is InChI=1S/C18H23N3O7S/c1-12(11-29-16(22)9-19)17(23)20-7-3-6-15(20)18(24)28-14-5-2-4-13(8-14)10-27-21(25)26/h2,4-5,8,12,15H,3,6-7,9-11,19H2,1H3/t12-,15+/m1/s1. The summed E-state index contributed by atoms with van der Waals surface area (Å²) in [6.07, 6.45) is 1.15. The van der Waals surface area contributed by atoms with Gasteiger partial charge in [0.15, 0.2) is 0 Å². The van der Waals surface area contributed by atoms with E-state index in [9.17, 15) is 24.5 Å². The monoisotopic (exact) mass is 425 g/mol. The van der Waals surface area contributed by atoms with Crippen LogP contribution in [0.5, 0.6) is 5.75 Å². The van der Waals surface area contributed by atoms with E-state index in [0.717, 1.165) is 11.8 Å². The van der Waals surface area contributed by atoms with Gasteiger partial charge >= 0.3 is 5.97 Å². The van der Waals surface area contributed by atoms with Gasteiger partial charge in [-0.1, -0.05) is 30.8 Å². The van der Waals surface area contributed by atoms with Gasteiger partial charge in [0.05, 0.1) is 6.54 Å². The van der Waals surface area contributed by atoms with Crippen molar-refractivity contribution in [1.82, 2.24) is 4.90 Å². The number of amides is 1. The summed E-state index contributed by atoms with van der Waals surface area (Å²) in [7, 11) is 0. The highest BCUT2D eigenvalue weighted by Crippen LogP contribution is 2.24. The smallest absolute Gasteiger partial charge is 0.334 e. The molecule has 0 aliphatic carbocycles. The number of carbonyl (C=O) groups excluding carboxylic acids is 3. The van der Waals surface area contributed by atoms with Crippen molar-refractivity contribution < 1.29 is 29.0 Å². The molecule has 1 saturated heterocycles. The van der Waals surface area contributed by atoms with E-state index >= 15 is 0 Å². The second kappa shape index (κ2) is 10.8. The Balaban J connectivity index is 1.97. The third kappa shape index (κ3) is 6.71. The van der Waals surface area contributed by atoms with Gasteiger partial charge in [0.25, 0.3) is 5.09 Å². The molecule has 10 nitrogen and oxygen atoms in total. The molecule has 2 rings (SSSR count). The minimum absolute atomic E-state index is 0.0873. The summed E-state index contributed by atoms with van der Waals surface area (Å²) in [5.41, 5.74) is 5.74. The maximum Gasteiger partial charge on any atom is 0.334 e. The van der Waals surface area contributed by atoms with Crippen molar-refractivity contribution in [1.29, 1.82) is 0 Å². The predicted molar refractivity (Wildman–Crippen MR) is 104 cm³/mol. The van der Waals surface area contributed by atoms with Gasteiger partial charge in [-0.3, -0.25) is 9.59 Å². The number of esters is 1. The minimum atomic E-state index is -0.902. The Morgan fingerprint density at radius 2 is 2.17 bits per heavy atom. The molecule has 0 aromatic heterocycles. The van der Waals surface area contributed by atoms with E-state index < -0.39 is 23.0 Å². The molecule has 0 unspecified atom stereocenters. The molecule has 1 aliphatic rings. The Morgan fingerprint density at radius 1 is 1.41 bits per heavy atom. The maximum absolute atomic E-state index is 12.7. The lowest BCUT2D eigenvalue weighted by Crippen LogP contribution is -2.45. The number of rotatable bonds is 9. The van der Waals surface area contributed by atoms with Crippen LogP contribution in [0.25, 0.3) is 0 Å². The third-order valence-corrected chi connectivity index (χ3v) is 5.50. The molecule has 2 atom stereocenters. The molecule has 0 radical (unpaired) electrons. The van der Waals surface area contributed by atoms with Gasteiger partial charge in [0.1, 0.15) is 18.4 Å². The van der Waals surface area contributed by atoms with Crippen molar-refractivity contribution >= 4 is 28.8 Å². The lowest BCUT2D eigenvalue weighted by molar-refractivity contribution is -0.763. The van der Waals surface area contributed by atoms with Crippen LogP contribution in [0.15, 0.2) is 24.3 Å². The first-order valence-corrected chi connectivity index (χ1v) is 10.0. The van der Waals surface area contributed by atoms with E-state index in [-0.39, 0.29) is 29.9 Å². The first kappa shape index (κ1) is 22.6. The second-order valence-electron chi connectivity index (χ2n) is 6.54. The van der Waals surface area contributed by atoms with Crippen LogP contribution in [-0.4, -0.2) is 51.9 Å². The molecule has 29 heavy (non-hydrogen) atoms. The van der Waals surface area contributed by atoms with E-state index in [2.05, 4.69) is 4.84 Å². The molecule has 158 valence electrons. The Hall–Kier alpha value is -2.66. The van der Waals surface area contributed by atoms with Crippen molar-refractivity contribution in [2.24, 2.45) is 11.7 Å². The summed E-state index contributed by atoms with van der Waals surface area (Å²) < 4.78 is 5.39. The number of hydrogen-bond acceptors (Lipinski definition) is 9. The van der Waals surface area contributed by atoms with Crippen LogP contribution in [0, 0.1) is 16.0 Å². The fraction of sp³-hybridized carbons (Fsp3) is 0.500. The Labute approximate surface area is 171 Å². The van der Waals surface area contributed by atoms with Gasteiger partial charge in [-0.05, 0) is 30.5 Å². The fourth-order valence-corrected chi connectivity index (χ4v) is 3.61. The number of hydrogen-bond donors (Lipinski definition) is 1. The number of nitrogens with zero attached hydrogens (tertiary/aromatic N) is 2. The average molecular weight is 425 g/mol. The number of nitrogens with two attached hydrogens (primary N) is 1. The van der Waals surface area contributed by atoms with Gasteiger partial charge in [-0.2, -0.15) is 0 Å². The van der Waals surface area contributed by atoms with Crippen molar-refractivity contribution in [3.05, 3.63) is 39.9 Å². The van der Waals surface area contributed by atoms with E-state index in [4.69, 9.17) is 10.5 Å². The van der Waals surface area contributed by atoms with Gasteiger partial charge in [0, 0.05) is 18.2 Å². The SMILES string of the molecule is C[C@H](CSC(=O)CN)C(=O)N1CCC[C@H]1C(=O)Oc1cccc(CO[N+](=O)[O-])c1. The Morgan fingerprint density at radius 3 is 2.86 bits per heavy atom. The van der Waals surface area contributed by atoms with Crippen LogP contribution >= 0.6 is 11.8 Å². The van der Waals surface area contributed by atoms with Crippen LogP contribution in [0.3, 0.4) is 0 Å². The number of carbonyl (C=O) groups is 3. The van der Waals surface area contributed by atoms with Gasteiger partial charge in [-0.15, -0.1) is 10.1 Å². The first-order chi connectivity index (χ1) is 13.8. The molecule has 1 aliphatic heterocycles. The molecule has 1 aromatic rings. The van der Waals surface area contributed by atoms with E-state index in [0.29, 0.717) is 30.7 Å². The lowest BCUT2D eigenvalue weighted by Gasteiger charge is -2.26. The second-order valence-corrected chi connectivity index (χ2v) is 7.62. The predicted octanol–water partition coefficient (Wildman–Crippen LogP) is 1.15. The van der Waals surface area contributed by atoms with Crippen LogP contribution in [0.4, 0.5) is 0 Å². The highest BCUT2D eigenvalue weighted by Gasteiger charge is 2.37. The molecule has 2 N–H and O–H groups in total. The zero-order valence-electron chi connectivity index (χ0n) is 15.9. The van der Waals surface area contributed by atoms with Crippen molar-refractivity contribution in [2.75, 3.05) is 18.8 Å².